The second kappa shape index (κ2) is 3.91. The van der Waals surface area contributed by atoms with Crippen LogP contribution in [0.1, 0.15) is 22.5 Å². The third-order valence-corrected chi connectivity index (χ3v) is 3.46. The van der Waals surface area contributed by atoms with Crippen LogP contribution in [0.15, 0.2) is 12.1 Å². The van der Waals surface area contributed by atoms with Crippen LogP contribution in [0.4, 0.5) is 5.82 Å². The molecule has 0 aliphatic heterocycles. The van der Waals surface area contributed by atoms with Crippen LogP contribution in [0.25, 0.3) is 11.3 Å². The van der Waals surface area contributed by atoms with E-state index in [0.717, 1.165) is 22.9 Å². The molecule has 0 amide bonds. The molecule has 3 heteroatoms. The molecule has 2 N–H and O–H groups in total. The molecular formula is C14H19N3. The van der Waals surface area contributed by atoms with Crippen molar-refractivity contribution in [1.29, 1.82) is 0 Å². The molecule has 0 saturated carbocycles. The number of aryl methyl sites for hydroxylation is 4. The van der Waals surface area contributed by atoms with Crippen molar-refractivity contribution in [3.8, 4) is 11.3 Å². The molecule has 0 fully saturated rings. The number of aromatic nitrogens is 2. The van der Waals surface area contributed by atoms with Gasteiger partial charge in [0.2, 0.25) is 0 Å². The topological polar surface area (TPSA) is 43.8 Å². The fourth-order valence-corrected chi connectivity index (χ4v) is 2.04. The van der Waals surface area contributed by atoms with Crippen LogP contribution in [0, 0.1) is 27.7 Å². The third kappa shape index (κ3) is 1.82. The second-order valence-electron chi connectivity index (χ2n) is 4.70. The Labute approximate surface area is 102 Å². The first-order chi connectivity index (χ1) is 7.91. The van der Waals surface area contributed by atoms with E-state index < -0.39 is 0 Å². The van der Waals surface area contributed by atoms with E-state index >= 15 is 0 Å². The average molecular weight is 229 g/mol. The number of hydrogen-bond acceptors (Lipinski definition) is 2. The summed E-state index contributed by atoms with van der Waals surface area (Å²) < 4.78 is 1.92. The smallest absolute Gasteiger partial charge is 0.131 e. The highest BCUT2D eigenvalue weighted by molar-refractivity contribution is 5.74. The fraction of sp³-hybridized carbons (Fsp3) is 0.357. The zero-order valence-electron chi connectivity index (χ0n) is 11.1. The lowest BCUT2D eigenvalue weighted by molar-refractivity contribution is 0.868. The number of anilines is 1. The predicted octanol–water partition coefficient (Wildman–Crippen LogP) is 2.90. The first-order valence-corrected chi connectivity index (χ1v) is 5.79. The average Bonchev–Trinajstić information content (AvgIpc) is 2.51. The van der Waals surface area contributed by atoms with Crippen molar-refractivity contribution in [3.05, 3.63) is 34.6 Å². The van der Waals surface area contributed by atoms with Crippen molar-refractivity contribution in [2.24, 2.45) is 7.05 Å². The number of hydrogen-bond donors (Lipinski definition) is 1. The van der Waals surface area contributed by atoms with Crippen molar-refractivity contribution in [2.75, 3.05) is 5.73 Å². The van der Waals surface area contributed by atoms with Gasteiger partial charge in [0.05, 0.1) is 0 Å². The largest absolute Gasteiger partial charge is 0.383 e. The van der Waals surface area contributed by atoms with Crippen molar-refractivity contribution in [3.63, 3.8) is 0 Å². The monoisotopic (exact) mass is 229 g/mol. The number of imidazole rings is 1. The normalized spacial score (nSPS) is 10.9. The summed E-state index contributed by atoms with van der Waals surface area (Å²) in [5.41, 5.74) is 11.9. The molecule has 0 aliphatic carbocycles. The highest BCUT2D eigenvalue weighted by atomic mass is 15.1. The van der Waals surface area contributed by atoms with E-state index in [2.05, 4.69) is 37.9 Å². The Morgan fingerprint density at radius 2 is 1.59 bits per heavy atom. The van der Waals surface area contributed by atoms with Gasteiger partial charge in [-0.25, -0.2) is 4.98 Å². The minimum Gasteiger partial charge on any atom is -0.383 e. The summed E-state index contributed by atoms with van der Waals surface area (Å²) in [6.07, 6.45) is 0. The summed E-state index contributed by atoms with van der Waals surface area (Å²) in [6, 6.07) is 4.36. The van der Waals surface area contributed by atoms with Gasteiger partial charge in [-0.2, -0.15) is 0 Å². The van der Waals surface area contributed by atoms with Gasteiger partial charge >= 0.3 is 0 Å². The molecular weight excluding hydrogens is 210 g/mol. The summed E-state index contributed by atoms with van der Waals surface area (Å²) in [6.45, 7) is 8.31. The van der Waals surface area contributed by atoms with E-state index in [9.17, 15) is 0 Å². The van der Waals surface area contributed by atoms with Gasteiger partial charge in [0.25, 0.3) is 0 Å². The van der Waals surface area contributed by atoms with E-state index in [0.29, 0.717) is 0 Å². The molecule has 0 radical (unpaired) electrons. The van der Waals surface area contributed by atoms with Gasteiger partial charge in [0, 0.05) is 12.6 Å². The molecule has 0 unspecified atom stereocenters. The van der Waals surface area contributed by atoms with Gasteiger partial charge in [-0.15, -0.1) is 0 Å². The summed E-state index contributed by atoms with van der Waals surface area (Å²) in [7, 11) is 1.94. The quantitative estimate of drug-likeness (QED) is 0.817. The lowest BCUT2D eigenvalue weighted by atomic mass is 9.99. The van der Waals surface area contributed by atoms with Crippen LogP contribution in [0.3, 0.4) is 0 Å². The second-order valence-corrected chi connectivity index (χ2v) is 4.70. The van der Waals surface area contributed by atoms with Gasteiger partial charge in [-0.3, -0.25) is 0 Å². The first-order valence-electron chi connectivity index (χ1n) is 5.79. The van der Waals surface area contributed by atoms with Crippen molar-refractivity contribution < 1.29 is 0 Å². The molecule has 3 nitrogen and oxygen atoms in total. The zero-order valence-corrected chi connectivity index (χ0v) is 11.1. The molecule has 90 valence electrons. The summed E-state index contributed by atoms with van der Waals surface area (Å²) in [5, 5.41) is 0. The first kappa shape index (κ1) is 11.7. The lowest BCUT2D eigenvalue weighted by Gasteiger charge is -2.08. The maximum atomic E-state index is 6.09. The third-order valence-electron chi connectivity index (χ3n) is 3.46. The molecule has 1 aromatic heterocycles. The van der Waals surface area contributed by atoms with Crippen LogP contribution in [0.5, 0.6) is 0 Å². The van der Waals surface area contributed by atoms with E-state index in [-0.39, 0.29) is 0 Å². The van der Waals surface area contributed by atoms with Crippen LogP contribution in [-0.4, -0.2) is 9.55 Å². The van der Waals surface area contributed by atoms with Crippen LogP contribution >= 0.6 is 0 Å². The van der Waals surface area contributed by atoms with Crippen LogP contribution in [-0.2, 0) is 7.05 Å². The molecule has 0 aliphatic rings. The molecule has 2 aromatic rings. The predicted molar refractivity (Wildman–Crippen MR) is 72.0 cm³/mol. The Hall–Kier alpha value is -1.77. The van der Waals surface area contributed by atoms with Gasteiger partial charge in [-0.1, -0.05) is 6.07 Å². The summed E-state index contributed by atoms with van der Waals surface area (Å²) >= 11 is 0. The van der Waals surface area contributed by atoms with Crippen molar-refractivity contribution in [2.45, 2.75) is 27.7 Å². The molecule has 2 rings (SSSR count). The number of nitrogen functional groups attached to an aromatic ring is 1. The highest BCUT2D eigenvalue weighted by Gasteiger charge is 2.13. The minimum absolute atomic E-state index is 0.730. The maximum absolute atomic E-state index is 6.09. The van der Waals surface area contributed by atoms with E-state index in [1.54, 1.807) is 0 Å². The zero-order chi connectivity index (χ0) is 12.7. The fourth-order valence-electron chi connectivity index (χ4n) is 2.04. The van der Waals surface area contributed by atoms with Gasteiger partial charge < -0.3 is 10.3 Å². The highest BCUT2D eigenvalue weighted by Crippen LogP contribution is 2.30. The molecule has 0 atom stereocenters. The Kier molecular flexibility index (Phi) is 2.69. The van der Waals surface area contributed by atoms with Crippen molar-refractivity contribution >= 4 is 5.82 Å². The van der Waals surface area contributed by atoms with Gasteiger partial charge in [0.15, 0.2) is 0 Å². The molecule has 0 bridgehead atoms. The Morgan fingerprint density at radius 3 is 2.12 bits per heavy atom. The minimum atomic E-state index is 0.730. The maximum Gasteiger partial charge on any atom is 0.131 e. The number of nitrogens with zero attached hydrogens (tertiary/aromatic N) is 2. The van der Waals surface area contributed by atoms with E-state index in [1.165, 1.54) is 16.7 Å². The standard InChI is InChI=1S/C14H19N3/c1-8-6-10(3)12(7-9(8)2)13-14(15)17(5)11(4)16-13/h6-7H,15H2,1-5H3. The lowest BCUT2D eigenvalue weighted by Crippen LogP contribution is -1.99. The Morgan fingerprint density at radius 1 is 1.00 bits per heavy atom. The SMILES string of the molecule is Cc1cc(C)c(-c2nc(C)n(C)c2N)cc1C. The van der Waals surface area contributed by atoms with Crippen molar-refractivity contribution in [1.82, 2.24) is 9.55 Å². The number of rotatable bonds is 1. The summed E-state index contributed by atoms with van der Waals surface area (Å²) in [5.74, 6) is 1.67. The molecule has 0 spiro atoms. The molecule has 0 saturated heterocycles. The molecule has 1 heterocycles. The van der Waals surface area contributed by atoms with Crippen LogP contribution in [0.2, 0.25) is 0 Å². The molecule has 1 aromatic carbocycles. The summed E-state index contributed by atoms with van der Waals surface area (Å²) in [4.78, 5) is 4.55. The van der Waals surface area contributed by atoms with E-state index in [4.69, 9.17) is 5.73 Å². The Bertz CT molecular complexity index is 580. The number of benzene rings is 1. The number of nitrogens with two attached hydrogens (primary N) is 1. The van der Waals surface area contributed by atoms with Crippen LogP contribution < -0.4 is 5.73 Å². The Balaban J connectivity index is 2.68. The van der Waals surface area contributed by atoms with E-state index in [1.807, 2.05) is 18.5 Å². The van der Waals surface area contributed by atoms with Gasteiger partial charge in [0.1, 0.15) is 17.3 Å². The van der Waals surface area contributed by atoms with Gasteiger partial charge in [-0.05, 0) is 50.5 Å². The molecule has 17 heavy (non-hydrogen) atoms.